The van der Waals surface area contributed by atoms with Gasteiger partial charge in [-0.2, -0.15) is 0 Å². The first-order chi connectivity index (χ1) is 13.2. The van der Waals surface area contributed by atoms with Gasteiger partial charge in [0.1, 0.15) is 18.0 Å². The van der Waals surface area contributed by atoms with Gasteiger partial charge in [0, 0.05) is 18.2 Å². The summed E-state index contributed by atoms with van der Waals surface area (Å²) in [6.07, 6.45) is -1.67. The molecular formula is C14H14BrN3O9S. The third-order valence-electron chi connectivity index (χ3n) is 3.61. The Hall–Kier alpha value is -2.61. The number of hydrogen-bond acceptors (Lipinski definition) is 10. The van der Waals surface area contributed by atoms with E-state index in [1.54, 1.807) is 0 Å². The second-order valence-electron chi connectivity index (χ2n) is 5.42. The number of amides is 2. The number of carboxylic acid groups (broad SMARTS) is 1. The molecule has 2 rings (SSSR count). The number of alkyl halides is 1. The molecule has 152 valence electrons. The Morgan fingerprint density at radius 3 is 2.61 bits per heavy atom. The molecule has 12 nitrogen and oxygen atoms in total. The summed E-state index contributed by atoms with van der Waals surface area (Å²) in [5.41, 5.74) is -0.513. The van der Waals surface area contributed by atoms with E-state index in [1.807, 2.05) is 0 Å². The molecule has 2 heterocycles. The van der Waals surface area contributed by atoms with Crippen molar-refractivity contribution in [3.05, 3.63) is 11.5 Å². The minimum absolute atomic E-state index is 0.165. The number of Topliss-reactive ketones (excluding diaryl/α,β-unsaturated/α-hetero) is 1. The molecule has 0 aromatic carbocycles. The van der Waals surface area contributed by atoms with Crippen molar-refractivity contribution >= 4 is 63.1 Å². The zero-order chi connectivity index (χ0) is 21.0. The molecule has 1 fully saturated rings. The fourth-order valence-corrected chi connectivity index (χ4v) is 3.97. The lowest BCUT2D eigenvalue weighted by Crippen LogP contribution is -2.71. The highest BCUT2D eigenvalue weighted by molar-refractivity contribution is 9.09. The van der Waals surface area contributed by atoms with Gasteiger partial charge in [-0.3, -0.25) is 24.1 Å². The Bertz CT molecular complexity index is 797. The summed E-state index contributed by atoms with van der Waals surface area (Å²) in [5.74, 6) is -3.27. The summed E-state index contributed by atoms with van der Waals surface area (Å²) < 4.78 is 9.51. The second kappa shape index (κ2) is 9.05. The third kappa shape index (κ3) is 4.44. The Kier molecular flexibility index (Phi) is 7.01. The molecule has 14 heteroatoms. The first-order valence-electron chi connectivity index (χ1n) is 7.54. The number of halogens is 1. The molecule has 0 saturated carbocycles. The summed E-state index contributed by atoms with van der Waals surface area (Å²) in [6, 6.07) is -1.10. The van der Waals surface area contributed by atoms with Crippen LogP contribution in [-0.2, 0) is 28.7 Å². The molecule has 0 aromatic heterocycles. The minimum atomic E-state index is -1.67. The Morgan fingerprint density at radius 1 is 1.39 bits per heavy atom. The van der Waals surface area contributed by atoms with Crippen molar-refractivity contribution in [2.75, 3.05) is 17.7 Å². The van der Waals surface area contributed by atoms with Crippen molar-refractivity contribution in [3.8, 4) is 0 Å². The van der Waals surface area contributed by atoms with E-state index >= 15 is 0 Å². The summed E-state index contributed by atoms with van der Waals surface area (Å²) in [6.45, 7) is 0.908. The average Bonchev–Trinajstić information content (AvgIpc) is 2.64. The first-order valence-corrected chi connectivity index (χ1v) is 9.71. The third-order valence-corrected chi connectivity index (χ3v) is 5.46. The van der Waals surface area contributed by atoms with E-state index < -0.39 is 46.8 Å². The number of esters is 1. The van der Waals surface area contributed by atoms with E-state index in [4.69, 9.17) is 15.1 Å². The second-order valence-corrected chi connectivity index (χ2v) is 7.09. The zero-order valence-electron chi connectivity index (χ0n) is 14.2. The summed E-state index contributed by atoms with van der Waals surface area (Å²) in [7, 11) is 0. The van der Waals surface area contributed by atoms with Crippen LogP contribution in [0.3, 0.4) is 0 Å². The Balaban J connectivity index is 2.18. The van der Waals surface area contributed by atoms with Gasteiger partial charge in [0.15, 0.2) is 0 Å². The molecule has 0 aromatic rings. The molecule has 0 bridgehead atoms. The molecule has 1 saturated heterocycles. The number of hydrogen-bond donors (Lipinski definition) is 3. The van der Waals surface area contributed by atoms with Gasteiger partial charge in [-0.05, 0) is 0 Å². The number of ether oxygens (including phenoxy) is 2. The molecule has 0 aliphatic carbocycles. The normalized spacial score (nSPS) is 21.4. The molecule has 2 aliphatic rings. The van der Waals surface area contributed by atoms with Crippen LogP contribution in [0.15, 0.2) is 16.6 Å². The number of nitrogens with one attached hydrogen (secondary N) is 1. The van der Waals surface area contributed by atoms with Gasteiger partial charge < -0.3 is 25.1 Å². The number of oxime groups is 1. The summed E-state index contributed by atoms with van der Waals surface area (Å²) >= 11 is 4.00. The highest BCUT2D eigenvalue weighted by atomic mass is 79.9. The molecule has 2 aliphatic heterocycles. The number of carbonyl (C=O) groups excluding carboxylic acids is 4. The molecular weight excluding hydrogens is 466 g/mol. The fourth-order valence-electron chi connectivity index (χ4n) is 2.40. The molecule has 0 unspecified atom stereocenters. The molecule has 0 spiro atoms. The van der Waals surface area contributed by atoms with Gasteiger partial charge in [-0.15, -0.1) is 11.8 Å². The van der Waals surface area contributed by atoms with E-state index in [9.17, 15) is 24.0 Å². The lowest BCUT2D eigenvalue weighted by molar-refractivity contribution is -0.148. The lowest BCUT2D eigenvalue weighted by atomic mass is 10.1. The number of carbonyl (C=O) groups is 5. The van der Waals surface area contributed by atoms with E-state index in [0.717, 1.165) is 16.7 Å². The number of rotatable bonds is 7. The van der Waals surface area contributed by atoms with Crippen LogP contribution in [0.1, 0.15) is 6.92 Å². The van der Waals surface area contributed by atoms with Crippen LogP contribution in [0.2, 0.25) is 0 Å². The van der Waals surface area contributed by atoms with Crippen molar-refractivity contribution in [2.45, 2.75) is 18.3 Å². The quantitative estimate of drug-likeness (QED) is 0.0832. The smallest absolute Gasteiger partial charge is 0.461 e. The topological polar surface area (TPSA) is 172 Å². The molecule has 2 atom stereocenters. The van der Waals surface area contributed by atoms with Crippen molar-refractivity contribution in [1.29, 1.82) is 0 Å². The van der Waals surface area contributed by atoms with Crippen LogP contribution in [-0.4, -0.2) is 79.8 Å². The maximum absolute atomic E-state index is 12.4. The van der Waals surface area contributed by atoms with Crippen LogP contribution in [0, 0.1) is 0 Å². The van der Waals surface area contributed by atoms with E-state index in [0.29, 0.717) is 0 Å². The zero-order valence-corrected chi connectivity index (χ0v) is 16.6. The molecule has 2 amide bonds. The van der Waals surface area contributed by atoms with Gasteiger partial charge in [0.25, 0.3) is 11.8 Å². The first kappa shape index (κ1) is 21.7. The van der Waals surface area contributed by atoms with Gasteiger partial charge in [-0.25, -0.2) is 4.79 Å². The van der Waals surface area contributed by atoms with E-state index in [2.05, 4.69) is 31.1 Å². The molecule has 0 radical (unpaired) electrons. The maximum atomic E-state index is 12.4. The van der Waals surface area contributed by atoms with Crippen molar-refractivity contribution < 1.29 is 43.8 Å². The predicted molar refractivity (Wildman–Crippen MR) is 95.8 cm³/mol. The fraction of sp³-hybridized carbons (Fsp3) is 0.429. The SMILES string of the molecule is CC(=O)OCC1=C(OC(=O)O)N2C(=O)[C@@H](NC(=O)/C(=N\O)C(=O)CBr)[C@H]2SC1. The van der Waals surface area contributed by atoms with Crippen molar-refractivity contribution in [2.24, 2.45) is 5.16 Å². The van der Waals surface area contributed by atoms with Crippen molar-refractivity contribution in [1.82, 2.24) is 10.2 Å². The van der Waals surface area contributed by atoms with Gasteiger partial charge in [0.05, 0.1) is 5.33 Å². The van der Waals surface area contributed by atoms with Crippen LogP contribution in [0.25, 0.3) is 0 Å². The summed E-state index contributed by atoms with van der Waals surface area (Å²) in [4.78, 5) is 59.0. The van der Waals surface area contributed by atoms with Gasteiger partial charge in [-0.1, -0.05) is 21.1 Å². The van der Waals surface area contributed by atoms with Crippen molar-refractivity contribution in [3.63, 3.8) is 0 Å². The minimum Gasteiger partial charge on any atom is -0.461 e. The van der Waals surface area contributed by atoms with Crippen LogP contribution in [0.4, 0.5) is 4.79 Å². The van der Waals surface area contributed by atoms with Gasteiger partial charge >= 0.3 is 12.1 Å². The van der Waals surface area contributed by atoms with E-state index in [1.165, 1.54) is 6.92 Å². The number of fused-ring (bicyclic) bond motifs is 1. The van der Waals surface area contributed by atoms with Gasteiger partial charge in [0.2, 0.25) is 17.4 Å². The lowest BCUT2D eigenvalue weighted by Gasteiger charge is -2.49. The maximum Gasteiger partial charge on any atom is 0.512 e. The monoisotopic (exact) mass is 479 g/mol. The van der Waals surface area contributed by atoms with Crippen LogP contribution < -0.4 is 5.32 Å². The average molecular weight is 480 g/mol. The highest BCUT2D eigenvalue weighted by Gasteiger charge is 2.54. The number of β-lactam (4-membered cyclic amide) rings is 1. The number of nitrogens with zero attached hydrogens (tertiary/aromatic N) is 2. The molecule has 28 heavy (non-hydrogen) atoms. The number of ketones is 1. The number of thioether (sulfide) groups is 1. The van der Waals surface area contributed by atoms with E-state index in [-0.39, 0.29) is 29.1 Å². The Morgan fingerprint density at radius 2 is 2.07 bits per heavy atom. The standard InChI is InChI=1S/C14H14BrN3O9S/c1-5(19)26-3-6-4-28-13-9(11(22)18(13)12(6)27-14(23)24)16-10(21)8(17-25)7(20)2-15/h9,13,25H,2-4H2,1H3,(H,16,21)(H,23,24)/b17-8-/t9-,13-/m1/s1. The van der Waals surface area contributed by atoms with Crippen LogP contribution in [0.5, 0.6) is 0 Å². The molecule has 3 N–H and O–H groups in total. The highest BCUT2D eigenvalue weighted by Crippen LogP contribution is 2.40. The van der Waals surface area contributed by atoms with Crippen LogP contribution >= 0.6 is 27.7 Å². The Labute approximate surface area is 170 Å². The predicted octanol–water partition coefficient (Wildman–Crippen LogP) is -0.350. The largest absolute Gasteiger partial charge is 0.512 e. The summed E-state index contributed by atoms with van der Waals surface area (Å²) in [5, 5.41) is 21.7.